The van der Waals surface area contributed by atoms with Crippen LogP contribution in [0.1, 0.15) is 23.6 Å². The summed E-state index contributed by atoms with van der Waals surface area (Å²) in [5, 5.41) is 0. The number of hydrogen-bond acceptors (Lipinski definition) is 4. The molecule has 2 aromatic rings. The molecule has 2 fully saturated rings. The van der Waals surface area contributed by atoms with Crippen LogP contribution in [0.4, 0.5) is 0 Å². The maximum Gasteiger partial charge on any atom is 0.0995 e. The van der Waals surface area contributed by atoms with E-state index in [-0.39, 0.29) is 0 Å². The van der Waals surface area contributed by atoms with Crippen molar-refractivity contribution >= 4 is 0 Å². The molecule has 0 radical (unpaired) electrons. The van der Waals surface area contributed by atoms with Gasteiger partial charge in [0.1, 0.15) is 0 Å². The van der Waals surface area contributed by atoms with Gasteiger partial charge in [0.25, 0.3) is 0 Å². The highest BCUT2D eigenvalue weighted by Gasteiger charge is 2.27. The van der Waals surface area contributed by atoms with Crippen LogP contribution in [-0.2, 0) is 15.9 Å². The van der Waals surface area contributed by atoms with E-state index in [4.69, 9.17) is 9.47 Å². The fourth-order valence-corrected chi connectivity index (χ4v) is 4.19. The summed E-state index contributed by atoms with van der Waals surface area (Å²) >= 11 is 0. The van der Waals surface area contributed by atoms with Crippen LogP contribution in [-0.4, -0.2) is 62.0 Å². The molecular formula is C23H30N2O2. The first-order valence-electron chi connectivity index (χ1n) is 10.1. The lowest BCUT2D eigenvalue weighted by molar-refractivity contribution is 0.0114. The lowest BCUT2D eigenvalue weighted by Gasteiger charge is -2.35. The van der Waals surface area contributed by atoms with Crippen LogP contribution in [0.5, 0.6) is 0 Å². The van der Waals surface area contributed by atoms with E-state index < -0.39 is 0 Å². The molecule has 27 heavy (non-hydrogen) atoms. The Morgan fingerprint density at radius 2 is 1.63 bits per heavy atom. The molecule has 144 valence electrons. The molecule has 0 aliphatic carbocycles. The quantitative estimate of drug-likeness (QED) is 0.750. The molecule has 2 unspecified atom stereocenters. The Kier molecular flexibility index (Phi) is 6.53. The van der Waals surface area contributed by atoms with E-state index in [0.29, 0.717) is 12.1 Å². The standard InChI is InChI=1S/C23H30N2O2/c1-3-7-20(8-4-1)17-22-18-24(19-27-22)12-11-23(21-9-5-2-6-10-21)25-13-15-26-16-14-25/h1-10,22-23H,11-19H2. The zero-order valence-corrected chi connectivity index (χ0v) is 16.0. The Morgan fingerprint density at radius 3 is 2.37 bits per heavy atom. The van der Waals surface area contributed by atoms with Gasteiger partial charge < -0.3 is 9.47 Å². The van der Waals surface area contributed by atoms with Crippen molar-refractivity contribution in [3.05, 3.63) is 71.8 Å². The third-order valence-corrected chi connectivity index (χ3v) is 5.65. The summed E-state index contributed by atoms with van der Waals surface area (Å²) in [6.07, 6.45) is 2.44. The summed E-state index contributed by atoms with van der Waals surface area (Å²) in [5.74, 6) is 0. The predicted octanol–water partition coefficient (Wildman–Crippen LogP) is 3.35. The van der Waals surface area contributed by atoms with Gasteiger partial charge in [0.2, 0.25) is 0 Å². The first kappa shape index (κ1) is 18.6. The van der Waals surface area contributed by atoms with E-state index in [1.54, 1.807) is 0 Å². The van der Waals surface area contributed by atoms with E-state index in [1.165, 1.54) is 11.1 Å². The molecule has 2 aromatic carbocycles. The first-order valence-corrected chi connectivity index (χ1v) is 10.1. The van der Waals surface area contributed by atoms with Gasteiger partial charge in [0, 0.05) is 32.2 Å². The second kappa shape index (κ2) is 9.47. The van der Waals surface area contributed by atoms with Crippen molar-refractivity contribution in [1.82, 2.24) is 9.80 Å². The minimum absolute atomic E-state index is 0.311. The SMILES string of the molecule is c1ccc(CC2CN(CCC(c3ccccc3)N3CCOCC3)CO2)cc1. The van der Waals surface area contributed by atoms with Crippen molar-refractivity contribution in [1.29, 1.82) is 0 Å². The third kappa shape index (κ3) is 5.17. The van der Waals surface area contributed by atoms with Crippen LogP contribution in [0.25, 0.3) is 0 Å². The Balaban J connectivity index is 1.32. The molecule has 4 rings (SSSR count). The minimum atomic E-state index is 0.311. The molecule has 4 heteroatoms. The highest BCUT2D eigenvalue weighted by atomic mass is 16.5. The second-order valence-corrected chi connectivity index (χ2v) is 7.55. The van der Waals surface area contributed by atoms with Crippen molar-refractivity contribution in [2.24, 2.45) is 0 Å². The van der Waals surface area contributed by atoms with Gasteiger partial charge in [0.05, 0.1) is 26.0 Å². The van der Waals surface area contributed by atoms with Gasteiger partial charge in [-0.1, -0.05) is 60.7 Å². The average molecular weight is 367 g/mol. The van der Waals surface area contributed by atoms with Gasteiger partial charge in [-0.05, 0) is 24.0 Å². The number of rotatable bonds is 7. The summed E-state index contributed by atoms with van der Waals surface area (Å²) in [4.78, 5) is 5.04. The number of ether oxygens (including phenoxy) is 2. The Labute approximate surface area is 162 Å². The van der Waals surface area contributed by atoms with Crippen LogP contribution in [0.2, 0.25) is 0 Å². The number of hydrogen-bond donors (Lipinski definition) is 0. The van der Waals surface area contributed by atoms with Crippen LogP contribution < -0.4 is 0 Å². The summed E-state index contributed by atoms with van der Waals surface area (Å²) in [6, 6.07) is 22.1. The zero-order chi connectivity index (χ0) is 18.3. The van der Waals surface area contributed by atoms with Gasteiger partial charge >= 0.3 is 0 Å². The Morgan fingerprint density at radius 1 is 0.926 bits per heavy atom. The number of morpholine rings is 1. The Bertz CT molecular complexity index is 673. The third-order valence-electron chi connectivity index (χ3n) is 5.65. The molecule has 0 amide bonds. The minimum Gasteiger partial charge on any atom is -0.379 e. The maximum absolute atomic E-state index is 6.05. The fraction of sp³-hybridized carbons (Fsp3) is 0.478. The zero-order valence-electron chi connectivity index (χ0n) is 16.0. The lowest BCUT2D eigenvalue weighted by Crippen LogP contribution is -2.40. The molecule has 2 saturated heterocycles. The summed E-state index contributed by atoms with van der Waals surface area (Å²) in [6.45, 7) is 6.58. The second-order valence-electron chi connectivity index (χ2n) is 7.55. The van der Waals surface area contributed by atoms with Crippen molar-refractivity contribution in [3.63, 3.8) is 0 Å². The highest BCUT2D eigenvalue weighted by molar-refractivity contribution is 5.19. The molecule has 0 aromatic heterocycles. The van der Waals surface area contributed by atoms with Crippen molar-refractivity contribution < 1.29 is 9.47 Å². The van der Waals surface area contributed by atoms with E-state index in [2.05, 4.69) is 70.5 Å². The average Bonchev–Trinajstić information content (AvgIpc) is 3.18. The normalized spacial score (nSPS) is 22.7. The Hall–Kier alpha value is -1.72. The molecule has 2 aliphatic rings. The van der Waals surface area contributed by atoms with E-state index in [9.17, 15) is 0 Å². The van der Waals surface area contributed by atoms with Gasteiger partial charge in [-0.25, -0.2) is 0 Å². The molecule has 0 saturated carbocycles. The van der Waals surface area contributed by atoms with Gasteiger partial charge in [0.15, 0.2) is 0 Å². The van der Waals surface area contributed by atoms with Crippen molar-refractivity contribution in [2.75, 3.05) is 46.1 Å². The largest absolute Gasteiger partial charge is 0.379 e. The van der Waals surface area contributed by atoms with Crippen LogP contribution >= 0.6 is 0 Å². The lowest BCUT2D eigenvalue weighted by atomic mass is 10.0. The topological polar surface area (TPSA) is 24.9 Å². The number of nitrogens with zero attached hydrogens (tertiary/aromatic N) is 2. The molecule has 2 aliphatic heterocycles. The van der Waals surface area contributed by atoms with E-state index in [1.807, 2.05) is 0 Å². The van der Waals surface area contributed by atoms with Gasteiger partial charge in [-0.3, -0.25) is 9.80 Å². The molecule has 0 bridgehead atoms. The fourth-order valence-electron chi connectivity index (χ4n) is 4.19. The molecule has 4 nitrogen and oxygen atoms in total. The monoisotopic (exact) mass is 366 g/mol. The summed E-state index contributed by atoms with van der Waals surface area (Å²) < 4.78 is 11.6. The van der Waals surface area contributed by atoms with Gasteiger partial charge in [-0.2, -0.15) is 0 Å². The molecular weight excluding hydrogens is 336 g/mol. The molecule has 2 heterocycles. The van der Waals surface area contributed by atoms with E-state index in [0.717, 1.165) is 59.0 Å². The number of benzene rings is 2. The van der Waals surface area contributed by atoms with Crippen LogP contribution in [0, 0.1) is 0 Å². The molecule has 2 atom stereocenters. The van der Waals surface area contributed by atoms with Crippen molar-refractivity contribution in [3.8, 4) is 0 Å². The summed E-state index contributed by atoms with van der Waals surface area (Å²) in [7, 11) is 0. The van der Waals surface area contributed by atoms with E-state index >= 15 is 0 Å². The van der Waals surface area contributed by atoms with Crippen molar-refractivity contribution in [2.45, 2.75) is 25.0 Å². The van der Waals surface area contributed by atoms with Crippen LogP contribution in [0.15, 0.2) is 60.7 Å². The van der Waals surface area contributed by atoms with Gasteiger partial charge in [-0.15, -0.1) is 0 Å². The molecule has 0 N–H and O–H groups in total. The van der Waals surface area contributed by atoms with Crippen LogP contribution in [0.3, 0.4) is 0 Å². The first-order chi connectivity index (χ1) is 13.4. The predicted molar refractivity (Wildman–Crippen MR) is 108 cm³/mol. The molecule has 0 spiro atoms. The maximum atomic E-state index is 6.05. The highest BCUT2D eigenvalue weighted by Crippen LogP contribution is 2.26. The smallest absolute Gasteiger partial charge is 0.0995 e. The summed E-state index contributed by atoms with van der Waals surface area (Å²) in [5.41, 5.74) is 2.78.